The van der Waals surface area contributed by atoms with Gasteiger partial charge in [-0.3, -0.25) is 4.79 Å². The van der Waals surface area contributed by atoms with E-state index >= 15 is 0 Å². The summed E-state index contributed by atoms with van der Waals surface area (Å²) in [6, 6.07) is 18.1. The average Bonchev–Trinajstić information content (AvgIpc) is 3.46. The van der Waals surface area contributed by atoms with E-state index < -0.39 is 0 Å². The monoisotopic (exact) mass is 422 g/mol. The summed E-state index contributed by atoms with van der Waals surface area (Å²) in [5.74, 6) is 1.52. The van der Waals surface area contributed by atoms with E-state index in [0.29, 0.717) is 13.1 Å². The fraction of sp³-hybridized carbons (Fsp3) is 0.292. The molecule has 0 fully saturated rings. The Morgan fingerprint density at radius 2 is 1.63 bits per heavy atom. The first-order chi connectivity index (χ1) is 14.7. The average molecular weight is 423 g/mol. The highest BCUT2D eigenvalue weighted by Crippen LogP contribution is 2.33. The third-order valence-electron chi connectivity index (χ3n) is 5.27. The van der Waals surface area contributed by atoms with Gasteiger partial charge in [-0.25, -0.2) is 0 Å². The number of benzene rings is 2. The maximum Gasteiger partial charge on any atom is 0.264 e. The SMILES string of the molecule is CCN(CC)c1ccc(CN(Cc2ccc3c(c2)OCO3)C(=O)c2cccs2)cc1. The molecule has 3 aromatic rings. The van der Waals surface area contributed by atoms with Gasteiger partial charge in [0.25, 0.3) is 5.91 Å². The van der Waals surface area contributed by atoms with Crippen LogP contribution in [0.15, 0.2) is 60.0 Å². The molecule has 6 heteroatoms. The lowest BCUT2D eigenvalue weighted by Crippen LogP contribution is -2.29. The Labute approximate surface area is 181 Å². The second-order valence-electron chi connectivity index (χ2n) is 7.16. The molecule has 0 bridgehead atoms. The van der Waals surface area contributed by atoms with Crippen LogP contribution >= 0.6 is 11.3 Å². The summed E-state index contributed by atoms with van der Waals surface area (Å²) in [5, 5.41) is 1.94. The molecule has 0 radical (unpaired) electrons. The molecule has 30 heavy (non-hydrogen) atoms. The first-order valence-electron chi connectivity index (χ1n) is 10.2. The molecule has 0 saturated carbocycles. The van der Waals surface area contributed by atoms with E-state index in [1.807, 2.05) is 40.6 Å². The molecule has 2 aromatic carbocycles. The third kappa shape index (κ3) is 4.44. The molecule has 1 aliphatic heterocycles. The predicted octanol–water partition coefficient (Wildman–Crippen LogP) is 5.17. The van der Waals surface area contributed by atoms with Gasteiger partial charge < -0.3 is 19.3 Å². The number of ether oxygens (including phenoxy) is 2. The van der Waals surface area contributed by atoms with E-state index in [1.54, 1.807) is 0 Å². The van der Waals surface area contributed by atoms with Crippen molar-refractivity contribution in [1.29, 1.82) is 0 Å². The highest BCUT2D eigenvalue weighted by molar-refractivity contribution is 7.12. The van der Waals surface area contributed by atoms with E-state index in [1.165, 1.54) is 17.0 Å². The highest BCUT2D eigenvalue weighted by Gasteiger charge is 2.20. The Morgan fingerprint density at radius 3 is 2.33 bits per heavy atom. The van der Waals surface area contributed by atoms with Crippen molar-refractivity contribution >= 4 is 22.9 Å². The van der Waals surface area contributed by atoms with Gasteiger partial charge in [0.15, 0.2) is 11.5 Å². The zero-order valence-corrected chi connectivity index (χ0v) is 18.2. The molecular weight excluding hydrogens is 396 g/mol. The molecule has 1 amide bonds. The van der Waals surface area contributed by atoms with E-state index in [-0.39, 0.29) is 12.7 Å². The molecule has 1 aromatic heterocycles. The molecule has 2 heterocycles. The van der Waals surface area contributed by atoms with Crippen molar-refractivity contribution in [2.24, 2.45) is 0 Å². The van der Waals surface area contributed by atoms with Gasteiger partial charge in [-0.05, 0) is 60.7 Å². The first-order valence-corrected chi connectivity index (χ1v) is 11.1. The standard InChI is InChI=1S/C24H26N2O3S/c1-3-25(4-2)20-10-7-18(8-11-20)15-26(24(27)23-6-5-13-30-23)16-19-9-12-21-22(14-19)29-17-28-21/h5-14H,3-4,15-17H2,1-2H3. The van der Waals surface area contributed by atoms with Crippen molar-refractivity contribution in [1.82, 2.24) is 4.90 Å². The zero-order chi connectivity index (χ0) is 20.9. The van der Waals surface area contributed by atoms with Crippen LogP contribution in [0.5, 0.6) is 11.5 Å². The van der Waals surface area contributed by atoms with Crippen molar-refractivity contribution in [2.75, 3.05) is 24.8 Å². The number of hydrogen-bond acceptors (Lipinski definition) is 5. The number of hydrogen-bond donors (Lipinski definition) is 0. The summed E-state index contributed by atoms with van der Waals surface area (Å²) in [4.78, 5) is 18.1. The van der Waals surface area contributed by atoms with Gasteiger partial charge in [0.05, 0.1) is 4.88 Å². The number of nitrogens with zero attached hydrogens (tertiary/aromatic N) is 2. The highest BCUT2D eigenvalue weighted by atomic mass is 32.1. The van der Waals surface area contributed by atoms with Crippen LogP contribution in [-0.4, -0.2) is 30.7 Å². The molecule has 1 aliphatic rings. The molecule has 0 saturated heterocycles. The summed E-state index contributed by atoms with van der Waals surface area (Å²) >= 11 is 1.47. The van der Waals surface area contributed by atoms with Crippen LogP contribution in [0.2, 0.25) is 0 Å². The fourth-order valence-electron chi connectivity index (χ4n) is 3.64. The molecule has 0 atom stereocenters. The molecule has 0 N–H and O–H groups in total. The number of fused-ring (bicyclic) bond motifs is 1. The minimum Gasteiger partial charge on any atom is -0.454 e. The Balaban J connectivity index is 1.55. The van der Waals surface area contributed by atoms with Crippen LogP contribution in [-0.2, 0) is 13.1 Å². The van der Waals surface area contributed by atoms with Gasteiger partial charge in [-0.1, -0.05) is 24.3 Å². The Bertz CT molecular complexity index is 982. The first kappa shape index (κ1) is 20.3. The Kier molecular flexibility index (Phi) is 6.23. The molecule has 4 rings (SSSR count). The fourth-order valence-corrected chi connectivity index (χ4v) is 4.33. The topological polar surface area (TPSA) is 42.0 Å². The summed E-state index contributed by atoms with van der Waals surface area (Å²) < 4.78 is 10.9. The van der Waals surface area contributed by atoms with Gasteiger partial charge in [-0.15, -0.1) is 11.3 Å². The van der Waals surface area contributed by atoms with Gasteiger partial charge >= 0.3 is 0 Å². The smallest absolute Gasteiger partial charge is 0.264 e. The molecular formula is C24H26N2O3S. The third-order valence-corrected chi connectivity index (χ3v) is 6.13. The Morgan fingerprint density at radius 1 is 0.933 bits per heavy atom. The van der Waals surface area contributed by atoms with E-state index in [9.17, 15) is 4.79 Å². The van der Waals surface area contributed by atoms with Gasteiger partial charge in [0, 0.05) is 31.9 Å². The number of carbonyl (C=O) groups excluding carboxylic acids is 1. The molecule has 156 valence electrons. The Hall–Kier alpha value is -2.99. The number of amides is 1. The largest absolute Gasteiger partial charge is 0.454 e. The second kappa shape index (κ2) is 9.22. The minimum absolute atomic E-state index is 0.0375. The lowest BCUT2D eigenvalue weighted by atomic mass is 10.1. The van der Waals surface area contributed by atoms with Crippen molar-refractivity contribution in [3.63, 3.8) is 0 Å². The zero-order valence-electron chi connectivity index (χ0n) is 17.3. The maximum absolute atomic E-state index is 13.2. The molecule has 0 unspecified atom stereocenters. The minimum atomic E-state index is 0.0375. The lowest BCUT2D eigenvalue weighted by Gasteiger charge is -2.24. The number of carbonyl (C=O) groups is 1. The van der Waals surface area contributed by atoms with Crippen LogP contribution in [0, 0.1) is 0 Å². The maximum atomic E-state index is 13.2. The number of thiophene rings is 1. The van der Waals surface area contributed by atoms with Crippen LogP contribution in [0.3, 0.4) is 0 Å². The van der Waals surface area contributed by atoms with Crippen molar-refractivity contribution in [2.45, 2.75) is 26.9 Å². The summed E-state index contributed by atoms with van der Waals surface area (Å²) in [6.07, 6.45) is 0. The number of anilines is 1. The van der Waals surface area contributed by atoms with Crippen LogP contribution < -0.4 is 14.4 Å². The van der Waals surface area contributed by atoms with Crippen LogP contribution in [0.1, 0.15) is 34.6 Å². The van der Waals surface area contributed by atoms with Crippen molar-refractivity contribution in [3.8, 4) is 11.5 Å². The van der Waals surface area contributed by atoms with Gasteiger partial charge in [0.1, 0.15) is 0 Å². The van der Waals surface area contributed by atoms with Gasteiger partial charge in [-0.2, -0.15) is 0 Å². The van der Waals surface area contributed by atoms with E-state index in [2.05, 4.69) is 43.0 Å². The number of rotatable bonds is 8. The van der Waals surface area contributed by atoms with Gasteiger partial charge in [0.2, 0.25) is 6.79 Å². The van der Waals surface area contributed by atoms with Crippen molar-refractivity contribution in [3.05, 3.63) is 76.0 Å². The second-order valence-corrected chi connectivity index (χ2v) is 8.11. The molecule has 0 aliphatic carbocycles. The predicted molar refractivity (Wildman–Crippen MR) is 120 cm³/mol. The summed E-state index contributed by atoms with van der Waals surface area (Å²) in [5.41, 5.74) is 3.33. The normalized spacial score (nSPS) is 12.1. The lowest BCUT2D eigenvalue weighted by molar-refractivity contribution is 0.0735. The van der Waals surface area contributed by atoms with E-state index in [0.717, 1.165) is 40.6 Å². The van der Waals surface area contributed by atoms with Crippen LogP contribution in [0.25, 0.3) is 0 Å². The quantitative estimate of drug-likeness (QED) is 0.503. The molecule has 5 nitrogen and oxygen atoms in total. The van der Waals surface area contributed by atoms with E-state index in [4.69, 9.17) is 9.47 Å². The summed E-state index contributed by atoms with van der Waals surface area (Å²) in [6.45, 7) is 7.56. The van der Waals surface area contributed by atoms with Crippen LogP contribution in [0.4, 0.5) is 5.69 Å². The van der Waals surface area contributed by atoms with Crippen molar-refractivity contribution < 1.29 is 14.3 Å². The summed E-state index contributed by atoms with van der Waals surface area (Å²) in [7, 11) is 0. The molecule has 0 spiro atoms.